The van der Waals surface area contributed by atoms with Crippen LogP contribution in [0.4, 0.5) is 0 Å². The minimum absolute atomic E-state index is 0. The van der Waals surface area contributed by atoms with E-state index in [1.807, 2.05) is 71.5 Å². The molecule has 2 aromatic carbocycles. The number of nitrogens with zero attached hydrogens (tertiary/aromatic N) is 5. The second kappa shape index (κ2) is 15.7. The van der Waals surface area contributed by atoms with E-state index in [0.29, 0.717) is 43.9 Å². The predicted octanol–water partition coefficient (Wildman–Crippen LogP) is 2.61. The molecule has 47 heavy (non-hydrogen) atoms. The molecule has 6 rings (SSSR count). The van der Waals surface area contributed by atoms with Crippen molar-refractivity contribution in [3.8, 4) is 22.5 Å². The van der Waals surface area contributed by atoms with Crippen molar-refractivity contribution in [2.75, 3.05) is 6.61 Å². The number of hydrogen-bond donors (Lipinski definition) is 2. The van der Waals surface area contributed by atoms with Crippen LogP contribution in [0.25, 0.3) is 28.3 Å². The Morgan fingerprint density at radius 1 is 1.02 bits per heavy atom. The Bertz CT molecular complexity index is 1910. The summed E-state index contributed by atoms with van der Waals surface area (Å²) < 4.78 is 14.6. The number of aromatic nitrogens is 6. The minimum atomic E-state index is -0.787. The SMILES string of the molecule is CCCc1c(Cc2ccc(-c3ccccc3-c3noc(=O)[nH]3)cc2)c(=O)n(C2CCC(OCC(O)(CC)CC)CC2)c2ncnn12.[H-].[K+]. The molecule has 3 aromatic heterocycles. The van der Waals surface area contributed by atoms with Crippen molar-refractivity contribution in [1.29, 1.82) is 0 Å². The summed E-state index contributed by atoms with van der Waals surface area (Å²) in [6, 6.07) is 15.8. The molecule has 11 nitrogen and oxygen atoms in total. The van der Waals surface area contributed by atoms with Gasteiger partial charge in [0, 0.05) is 23.6 Å². The van der Waals surface area contributed by atoms with Crippen LogP contribution in [0.1, 0.15) is 90.0 Å². The van der Waals surface area contributed by atoms with E-state index in [-0.39, 0.29) is 70.5 Å². The summed E-state index contributed by atoms with van der Waals surface area (Å²) in [5.74, 6) is 0.362. The molecule has 3 heterocycles. The zero-order chi connectivity index (χ0) is 32.3. The predicted molar refractivity (Wildman–Crippen MR) is 176 cm³/mol. The fourth-order valence-corrected chi connectivity index (χ4v) is 6.57. The molecule has 1 aliphatic carbocycles. The number of nitrogens with one attached hydrogen (secondary N) is 1. The maximum Gasteiger partial charge on any atom is 1.00 e. The van der Waals surface area contributed by atoms with E-state index in [9.17, 15) is 14.7 Å². The van der Waals surface area contributed by atoms with Crippen molar-refractivity contribution in [2.24, 2.45) is 0 Å². The smallest absolute Gasteiger partial charge is 1.00 e. The summed E-state index contributed by atoms with van der Waals surface area (Å²) in [5, 5.41) is 19.1. The third-order valence-electron chi connectivity index (χ3n) is 9.49. The normalized spacial score (nSPS) is 16.8. The first-order valence-corrected chi connectivity index (χ1v) is 16.4. The molecule has 0 bridgehead atoms. The summed E-state index contributed by atoms with van der Waals surface area (Å²) in [4.78, 5) is 33.1. The van der Waals surface area contributed by atoms with Crippen molar-refractivity contribution < 1.29 is 67.2 Å². The maximum atomic E-state index is 14.4. The number of benzene rings is 2. The van der Waals surface area contributed by atoms with E-state index in [4.69, 9.17) is 9.26 Å². The Balaban J connectivity index is 0.00000260. The van der Waals surface area contributed by atoms with E-state index in [1.54, 1.807) is 0 Å². The summed E-state index contributed by atoms with van der Waals surface area (Å²) in [7, 11) is 0. The summed E-state index contributed by atoms with van der Waals surface area (Å²) in [6.07, 6.45) is 8.19. The first-order chi connectivity index (χ1) is 22.3. The molecule has 0 saturated heterocycles. The Kier molecular flexibility index (Phi) is 11.9. The maximum absolute atomic E-state index is 14.4. The van der Waals surface area contributed by atoms with Gasteiger partial charge in [-0.1, -0.05) is 80.9 Å². The second-order valence-electron chi connectivity index (χ2n) is 12.4. The first-order valence-electron chi connectivity index (χ1n) is 16.4. The third-order valence-corrected chi connectivity index (χ3v) is 9.49. The average molecular weight is 667 g/mol. The third kappa shape index (κ3) is 7.64. The Hall–Kier alpha value is -2.71. The number of rotatable bonds is 12. The molecule has 0 amide bonds. The van der Waals surface area contributed by atoms with Gasteiger partial charge in [-0.3, -0.25) is 18.9 Å². The number of hydrogen-bond acceptors (Lipinski definition) is 8. The first kappa shape index (κ1) is 35.6. The van der Waals surface area contributed by atoms with E-state index in [2.05, 4.69) is 27.1 Å². The monoisotopic (exact) mass is 666 g/mol. The quantitative estimate of drug-likeness (QED) is 0.194. The molecular formula is C35H43KN6O5. The molecule has 12 heteroatoms. The number of aromatic amines is 1. The summed E-state index contributed by atoms with van der Waals surface area (Å²) in [5.41, 5.74) is 4.47. The van der Waals surface area contributed by atoms with Gasteiger partial charge < -0.3 is 11.3 Å². The summed E-state index contributed by atoms with van der Waals surface area (Å²) >= 11 is 0. The van der Waals surface area contributed by atoms with Crippen molar-refractivity contribution in [1.82, 2.24) is 29.3 Å². The Labute approximate surface area is 317 Å². The van der Waals surface area contributed by atoms with Gasteiger partial charge in [-0.25, -0.2) is 9.31 Å². The number of ether oxygens (including phenoxy) is 1. The van der Waals surface area contributed by atoms with E-state index in [1.165, 1.54) is 6.33 Å². The molecule has 0 spiro atoms. The topological polar surface area (TPSA) is 141 Å². The van der Waals surface area contributed by atoms with Gasteiger partial charge in [0.25, 0.3) is 5.56 Å². The van der Waals surface area contributed by atoms with E-state index >= 15 is 0 Å². The molecular weight excluding hydrogens is 624 g/mol. The van der Waals surface area contributed by atoms with E-state index in [0.717, 1.165) is 65.6 Å². The molecule has 1 aliphatic rings. The van der Waals surface area contributed by atoms with Crippen LogP contribution in [0.3, 0.4) is 0 Å². The Morgan fingerprint density at radius 3 is 2.36 bits per heavy atom. The van der Waals surface area contributed by atoms with Gasteiger partial charge >= 0.3 is 57.1 Å². The van der Waals surface area contributed by atoms with Gasteiger partial charge in [0.2, 0.25) is 5.78 Å². The molecule has 0 unspecified atom stereocenters. The zero-order valence-corrected chi connectivity index (χ0v) is 30.9. The van der Waals surface area contributed by atoms with Gasteiger partial charge in [0.1, 0.15) is 6.33 Å². The Morgan fingerprint density at radius 2 is 1.72 bits per heavy atom. The van der Waals surface area contributed by atoms with Crippen molar-refractivity contribution in [3.05, 3.63) is 92.6 Å². The molecule has 0 radical (unpaired) electrons. The van der Waals surface area contributed by atoms with Gasteiger partial charge in [-0.05, 0) is 61.6 Å². The molecule has 1 fully saturated rings. The van der Waals surface area contributed by atoms with Crippen LogP contribution in [0.15, 0.2) is 69.0 Å². The minimum Gasteiger partial charge on any atom is -1.00 e. The molecule has 244 valence electrons. The summed E-state index contributed by atoms with van der Waals surface area (Å²) in [6.45, 7) is 6.41. The number of aryl methyl sites for hydroxylation is 1. The molecule has 1 saturated carbocycles. The zero-order valence-electron chi connectivity index (χ0n) is 28.7. The van der Waals surface area contributed by atoms with Crippen LogP contribution in [0, 0.1) is 0 Å². The number of H-pyrrole nitrogens is 1. The second-order valence-corrected chi connectivity index (χ2v) is 12.4. The molecule has 2 N–H and O–H groups in total. The van der Waals surface area contributed by atoms with Gasteiger partial charge in [-0.15, -0.1) is 0 Å². The van der Waals surface area contributed by atoms with Gasteiger partial charge in [-0.2, -0.15) is 10.1 Å². The fraction of sp³-hybridized carbons (Fsp3) is 0.457. The van der Waals surface area contributed by atoms with E-state index < -0.39 is 11.4 Å². The van der Waals surface area contributed by atoms with Crippen LogP contribution < -0.4 is 62.7 Å². The molecule has 0 atom stereocenters. The van der Waals surface area contributed by atoms with Crippen LogP contribution in [0.2, 0.25) is 0 Å². The van der Waals surface area contributed by atoms with Crippen LogP contribution in [-0.4, -0.2) is 52.7 Å². The fourth-order valence-electron chi connectivity index (χ4n) is 6.57. The average Bonchev–Trinajstić information content (AvgIpc) is 3.75. The van der Waals surface area contributed by atoms with Gasteiger partial charge in [0.15, 0.2) is 5.82 Å². The van der Waals surface area contributed by atoms with Crippen LogP contribution in [-0.2, 0) is 17.6 Å². The van der Waals surface area contributed by atoms with Crippen molar-refractivity contribution >= 4 is 5.78 Å². The van der Waals surface area contributed by atoms with Crippen LogP contribution >= 0.6 is 0 Å². The number of fused-ring (bicyclic) bond motifs is 1. The van der Waals surface area contributed by atoms with Crippen LogP contribution in [0.5, 0.6) is 0 Å². The van der Waals surface area contributed by atoms with Gasteiger partial charge in [0.05, 0.1) is 24.0 Å². The van der Waals surface area contributed by atoms with Crippen molar-refractivity contribution in [3.63, 3.8) is 0 Å². The molecule has 0 aliphatic heterocycles. The standard InChI is InChI=1S/C35H42N6O5.K.H/c1-4-9-30-29(20-23-12-14-24(15-13-23)27-10-7-8-11-28(27)31-38-34(43)46-39-31)32(42)40(33-36-22-37-41(30)33)25-16-18-26(19-17-25)45-21-35(44,5-2)6-3;;/h7-8,10-15,22,25-26,44H,4-6,9,16-21H2,1-3H3,(H,38,39,43);;/q;+1;-1. The molecule has 5 aromatic rings. The van der Waals surface area contributed by atoms with Crippen molar-refractivity contribution in [2.45, 2.75) is 96.3 Å². The number of aliphatic hydroxyl groups is 1. The largest absolute Gasteiger partial charge is 1.00 e.